The van der Waals surface area contributed by atoms with Crippen molar-refractivity contribution in [3.8, 4) is 5.88 Å². The highest BCUT2D eigenvalue weighted by molar-refractivity contribution is 6.03. The molecule has 0 bridgehead atoms. The molecular formula is C18H18N4O3. The fraction of sp³-hybridized carbons (Fsp3) is 0.278. The van der Waals surface area contributed by atoms with Crippen molar-refractivity contribution in [3.05, 3.63) is 48.7 Å². The summed E-state index contributed by atoms with van der Waals surface area (Å²) in [6, 6.07) is 7.52. The summed E-state index contributed by atoms with van der Waals surface area (Å²) in [6.07, 6.45) is 5.88. The Labute approximate surface area is 144 Å². The summed E-state index contributed by atoms with van der Waals surface area (Å²) in [7, 11) is 0. The Kier molecular flexibility index (Phi) is 4.30. The number of nitrogens with one attached hydrogen (secondary N) is 2. The number of imidazole rings is 1. The number of hydrogen-bond donors (Lipinski definition) is 2. The third kappa shape index (κ3) is 3.46. The first-order valence-electron chi connectivity index (χ1n) is 8.19. The first-order valence-corrected chi connectivity index (χ1v) is 8.19. The molecule has 25 heavy (non-hydrogen) atoms. The van der Waals surface area contributed by atoms with Gasteiger partial charge in [-0.1, -0.05) is 0 Å². The van der Waals surface area contributed by atoms with Gasteiger partial charge in [-0.05, 0) is 36.1 Å². The lowest BCUT2D eigenvalue weighted by molar-refractivity contribution is 0.101. The highest BCUT2D eigenvalue weighted by Crippen LogP contribution is 2.27. The molecule has 0 radical (unpaired) electrons. The summed E-state index contributed by atoms with van der Waals surface area (Å²) in [5.74, 6) is 1.02. The number of aromatic amines is 1. The van der Waals surface area contributed by atoms with E-state index in [4.69, 9.17) is 9.47 Å². The van der Waals surface area contributed by atoms with Gasteiger partial charge < -0.3 is 19.8 Å². The topological polar surface area (TPSA) is 89.1 Å². The molecule has 3 heterocycles. The van der Waals surface area contributed by atoms with E-state index in [1.165, 1.54) is 0 Å². The maximum absolute atomic E-state index is 12.1. The van der Waals surface area contributed by atoms with Crippen LogP contribution < -0.4 is 10.1 Å². The van der Waals surface area contributed by atoms with Gasteiger partial charge in [0.2, 0.25) is 5.88 Å². The second kappa shape index (κ2) is 6.90. The molecule has 0 saturated carbocycles. The minimum absolute atomic E-state index is 0.276. The highest BCUT2D eigenvalue weighted by atomic mass is 16.5. The van der Waals surface area contributed by atoms with E-state index in [-0.39, 0.29) is 11.7 Å². The van der Waals surface area contributed by atoms with Crippen LogP contribution in [0.4, 0.5) is 5.69 Å². The Morgan fingerprint density at radius 3 is 3.08 bits per heavy atom. The maximum Gasteiger partial charge on any atom is 0.291 e. The molecule has 1 unspecified atom stereocenters. The Hall–Kier alpha value is -2.93. The van der Waals surface area contributed by atoms with Gasteiger partial charge >= 0.3 is 0 Å². The van der Waals surface area contributed by atoms with Crippen molar-refractivity contribution >= 4 is 22.4 Å². The molecule has 0 aliphatic carbocycles. The van der Waals surface area contributed by atoms with Crippen molar-refractivity contribution < 1.29 is 14.3 Å². The van der Waals surface area contributed by atoms with Crippen LogP contribution in [-0.2, 0) is 4.74 Å². The summed E-state index contributed by atoms with van der Waals surface area (Å²) in [6.45, 7) is 2.15. The smallest absolute Gasteiger partial charge is 0.291 e. The van der Waals surface area contributed by atoms with E-state index in [2.05, 4.69) is 20.3 Å². The van der Waals surface area contributed by atoms with E-state index in [1.54, 1.807) is 18.6 Å². The van der Waals surface area contributed by atoms with E-state index < -0.39 is 0 Å². The van der Waals surface area contributed by atoms with Crippen LogP contribution in [-0.4, -0.2) is 40.7 Å². The minimum atomic E-state index is -0.281. The lowest BCUT2D eigenvalue weighted by Gasteiger charge is -2.12. The average Bonchev–Trinajstić information content (AvgIpc) is 3.33. The van der Waals surface area contributed by atoms with Crippen LogP contribution in [0, 0.1) is 5.92 Å². The number of ether oxygens (including phenoxy) is 2. The van der Waals surface area contributed by atoms with E-state index in [0.717, 1.165) is 30.4 Å². The van der Waals surface area contributed by atoms with Crippen molar-refractivity contribution in [1.29, 1.82) is 0 Å². The number of nitrogens with zero attached hydrogens (tertiary/aromatic N) is 2. The van der Waals surface area contributed by atoms with Gasteiger partial charge in [0.15, 0.2) is 5.82 Å². The number of benzene rings is 1. The number of fused-ring (bicyclic) bond motifs is 1. The first kappa shape index (κ1) is 15.6. The lowest BCUT2D eigenvalue weighted by Crippen LogP contribution is -2.13. The molecule has 1 atom stereocenters. The molecule has 1 aliphatic rings. The zero-order valence-electron chi connectivity index (χ0n) is 13.6. The molecule has 1 aromatic carbocycles. The number of anilines is 1. The number of hydrogen-bond acceptors (Lipinski definition) is 5. The molecule has 3 aromatic rings. The molecule has 1 saturated heterocycles. The molecule has 2 aromatic heterocycles. The summed E-state index contributed by atoms with van der Waals surface area (Å²) in [5, 5.41) is 4.69. The van der Waals surface area contributed by atoms with Crippen LogP contribution in [0.3, 0.4) is 0 Å². The van der Waals surface area contributed by atoms with Crippen LogP contribution in [0.15, 0.2) is 42.9 Å². The van der Waals surface area contributed by atoms with Gasteiger partial charge in [-0.3, -0.25) is 4.79 Å². The molecular weight excluding hydrogens is 320 g/mol. The Morgan fingerprint density at radius 1 is 1.32 bits per heavy atom. The Balaban J connectivity index is 1.51. The summed E-state index contributed by atoms with van der Waals surface area (Å²) in [5.41, 5.74) is 0.690. The Bertz CT molecular complexity index is 873. The fourth-order valence-electron chi connectivity index (χ4n) is 2.83. The third-order valence-electron chi connectivity index (χ3n) is 4.18. The zero-order chi connectivity index (χ0) is 17.1. The van der Waals surface area contributed by atoms with Crippen LogP contribution >= 0.6 is 0 Å². The lowest BCUT2D eigenvalue weighted by atomic mass is 10.1. The highest BCUT2D eigenvalue weighted by Gasteiger charge is 2.17. The standard InChI is InChI=1S/C18H18N4O3/c23-17(16-19-6-7-20-16)22-14-1-2-15-13(9-14)3-5-21-18(15)25-11-12-4-8-24-10-12/h1-3,5-7,9,12H,4,8,10-11H2,(H,19,20)(H,22,23). The van der Waals surface area contributed by atoms with Gasteiger partial charge in [0.1, 0.15) is 0 Å². The van der Waals surface area contributed by atoms with Gasteiger partial charge in [-0.2, -0.15) is 0 Å². The summed E-state index contributed by atoms with van der Waals surface area (Å²) < 4.78 is 11.3. The fourth-order valence-corrected chi connectivity index (χ4v) is 2.83. The van der Waals surface area contributed by atoms with Gasteiger partial charge in [0.25, 0.3) is 5.91 Å². The van der Waals surface area contributed by atoms with Gasteiger partial charge in [-0.15, -0.1) is 0 Å². The number of carbonyl (C=O) groups excluding carboxylic acids is 1. The molecule has 7 heteroatoms. The van der Waals surface area contributed by atoms with Crippen molar-refractivity contribution in [1.82, 2.24) is 15.0 Å². The summed E-state index contributed by atoms with van der Waals surface area (Å²) >= 11 is 0. The van der Waals surface area contributed by atoms with Crippen LogP contribution in [0.25, 0.3) is 10.8 Å². The quantitative estimate of drug-likeness (QED) is 0.746. The van der Waals surface area contributed by atoms with Gasteiger partial charge in [-0.25, -0.2) is 9.97 Å². The number of carbonyl (C=O) groups is 1. The van der Waals surface area contributed by atoms with Crippen molar-refractivity contribution in [2.24, 2.45) is 5.92 Å². The predicted molar refractivity (Wildman–Crippen MR) is 92.7 cm³/mol. The molecule has 128 valence electrons. The number of pyridine rings is 1. The normalized spacial score (nSPS) is 16.9. The van der Waals surface area contributed by atoms with Crippen LogP contribution in [0.1, 0.15) is 17.0 Å². The monoisotopic (exact) mass is 338 g/mol. The number of amides is 1. The molecule has 4 rings (SSSR count). The van der Waals surface area contributed by atoms with Crippen LogP contribution in [0.5, 0.6) is 5.88 Å². The number of rotatable bonds is 5. The molecule has 7 nitrogen and oxygen atoms in total. The molecule has 2 N–H and O–H groups in total. The van der Waals surface area contributed by atoms with Gasteiger partial charge in [0, 0.05) is 42.2 Å². The average molecular weight is 338 g/mol. The second-order valence-corrected chi connectivity index (χ2v) is 5.98. The molecule has 1 fully saturated rings. The number of aromatic nitrogens is 3. The van der Waals surface area contributed by atoms with Crippen molar-refractivity contribution in [2.45, 2.75) is 6.42 Å². The second-order valence-electron chi connectivity index (χ2n) is 5.98. The van der Waals surface area contributed by atoms with Crippen molar-refractivity contribution in [3.63, 3.8) is 0 Å². The predicted octanol–water partition coefficient (Wildman–Crippen LogP) is 2.63. The van der Waals surface area contributed by atoms with E-state index in [0.29, 0.717) is 24.1 Å². The van der Waals surface area contributed by atoms with E-state index in [9.17, 15) is 4.79 Å². The first-order chi connectivity index (χ1) is 12.3. The molecule has 1 amide bonds. The number of H-pyrrole nitrogens is 1. The van der Waals surface area contributed by atoms with Crippen molar-refractivity contribution in [2.75, 3.05) is 25.1 Å². The largest absolute Gasteiger partial charge is 0.477 e. The van der Waals surface area contributed by atoms with Crippen LogP contribution in [0.2, 0.25) is 0 Å². The summed E-state index contributed by atoms with van der Waals surface area (Å²) in [4.78, 5) is 23.1. The third-order valence-corrected chi connectivity index (χ3v) is 4.18. The SMILES string of the molecule is O=C(Nc1ccc2c(OCC3CCOC3)nccc2c1)c1ncc[nH]1. The van der Waals surface area contributed by atoms with Gasteiger partial charge in [0.05, 0.1) is 13.2 Å². The van der Waals surface area contributed by atoms with E-state index in [1.807, 2.05) is 24.3 Å². The zero-order valence-corrected chi connectivity index (χ0v) is 13.6. The Morgan fingerprint density at radius 2 is 2.28 bits per heavy atom. The van der Waals surface area contributed by atoms with E-state index >= 15 is 0 Å². The maximum atomic E-state index is 12.1. The molecule has 0 spiro atoms. The molecule has 1 aliphatic heterocycles. The minimum Gasteiger partial charge on any atom is -0.477 e.